The van der Waals surface area contributed by atoms with Crippen LogP contribution in [0.2, 0.25) is 0 Å². The molecule has 0 saturated carbocycles. The van der Waals surface area contributed by atoms with Crippen LogP contribution in [0.25, 0.3) is 11.3 Å². The van der Waals surface area contributed by atoms with E-state index in [0.29, 0.717) is 24.8 Å². The number of hydrogen-bond acceptors (Lipinski definition) is 6. The number of anilines is 1. The average molecular weight is 470 g/mol. The van der Waals surface area contributed by atoms with Gasteiger partial charge in [0.05, 0.1) is 22.8 Å². The number of fused-ring (bicyclic) bond motifs is 1. The fourth-order valence-electron chi connectivity index (χ4n) is 4.10. The van der Waals surface area contributed by atoms with Gasteiger partial charge in [-0.1, -0.05) is 18.6 Å². The molecule has 5 rings (SSSR count). The van der Waals surface area contributed by atoms with Gasteiger partial charge in [0.1, 0.15) is 5.75 Å². The van der Waals surface area contributed by atoms with Gasteiger partial charge in [0, 0.05) is 30.5 Å². The Morgan fingerprint density at radius 2 is 1.91 bits per heavy atom. The molecule has 166 valence electrons. The second-order valence-electron chi connectivity index (χ2n) is 7.87. The van der Waals surface area contributed by atoms with Gasteiger partial charge in [-0.2, -0.15) is 4.31 Å². The fourth-order valence-corrected chi connectivity index (χ4v) is 6.52. The van der Waals surface area contributed by atoms with Gasteiger partial charge < -0.3 is 4.74 Å². The van der Waals surface area contributed by atoms with Crippen LogP contribution < -0.4 is 10.1 Å². The van der Waals surface area contributed by atoms with Gasteiger partial charge in [-0.05, 0) is 48.7 Å². The van der Waals surface area contributed by atoms with Crippen LogP contribution in [-0.2, 0) is 16.4 Å². The number of amides is 1. The van der Waals surface area contributed by atoms with E-state index in [9.17, 15) is 13.2 Å². The summed E-state index contributed by atoms with van der Waals surface area (Å²) in [6.45, 7) is 1.66. The Morgan fingerprint density at radius 1 is 1.09 bits per heavy atom. The van der Waals surface area contributed by atoms with Gasteiger partial charge in [0.25, 0.3) is 5.91 Å². The van der Waals surface area contributed by atoms with Crippen LogP contribution in [0.1, 0.15) is 35.2 Å². The van der Waals surface area contributed by atoms with E-state index in [1.165, 1.54) is 21.7 Å². The SMILES string of the molecule is O=C(Nc1nc(-c2ccc3c(c2)CCO3)cs1)c1ccccc1S(=O)(=O)N1CCCCC1. The third-order valence-corrected chi connectivity index (χ3v) is 8.49. The highest BCUT2D eigenvalue weighted by molar-refractivity contribution is 7.89. The number of hydrogen-bond donors (Lipinski definition) is 1. The molecule has 1 fully saturated rings. The van der Waals surface area contributed by atoms with E-state index < -0.39 is 15.9 Å². The summed E-state index contributed by atoms with van der Waals surface area (Å²) in [6.07, 6.45) is 3.57. The lowest BCUT2D eigenvalue weighted by molar-refractivity contribution is 0.102. The molecule has 1 aromatic heterocycles. The van der Waals surface area contributed by atoms with Crippen molar-refractivity contribution < 1.29 is 17.9 Å². The maximum absolute atomic E-state index is 13.2. The minimum Gasteiger partial charge on any atom is -0.493 e. The number of carbonyl (C=O) groups is 1. The van der Waals surface area contributed by atoms with E-state index in [-0.39, 0.29) is 10.5 Å². The zero-order chi connectivity index (χ0) is 22.1. The molecule has 3 aromatic rings. The molecule has 1 saturated heterocycles. The van der Waals surface area contributed by atoms with Crippen molar-refractivity contribution in [3.8, 4) is 17.0 Å². The lowest BCUT2D eigenvalue weighted by Crippen LogP contribution is -2.36. The first-order valence-corrected chi connectivity index (χ1v) is 13.0. The molecule has 9 heteroatoms. The average Bonchev–Trinajstić information content (AvgIpc) is 3.48. The van der Waals surface area contributed by atoms with E-state index >= 15 is 0 Å². The Labute approximate surface area is 191 Å². The summed E-state index contributed by atoms with van der Waals surface area (Å²) in [5, 5.41) is 5.08. The van der Waals surface area contributed by atoms with Crippen molar-refractivity contribution in [3.05, 3.63) is 59.0 Å². The van der Waals surface area contributed by atoms with Crippen LogP contribution >= 0.6 is 11.3 Å². The highest BCUT2D eigenvalue weighted by Gasteiger charge is 2.30. The predicted molar refractivity (Wildman–Crippen MR) is 124 cm³/mol. The van der Waals surface area contributed by atoms with E-state index in [4.69, 9.17) is 4.74 Å². The van der Waals surface area contributed by atoms with Crippen molar-refractivity contribution in [2.75, 3.05) is 25.0 Å². The summed E-state index contributed by atoms with van der Waals surface area (Å²) in [6, 6.07) is 12.3. The van der Waals surface area contributed by atoms with Crippen LogP contribution in [0.15, 0.2) is 52.7 Å². The van der Waals surface area contributed by atoms with Gasteiger partial charge in [-0.15, -0.1) is 11.3 Å². The van der Waals surface area contributed by atoms with Crippen LogP contribution in [0.5, 0.6) is 5.75 Å². The van der Waals surface area contributed by atoms with Gasteiger partial charge >= 0.3 is 0 Å². The van der Waals surface area contributed by atoms with Crippen molar-refractivity contribution in [1.82, 2.24) is 9.29 Å². The number of carbonyl (C=O) groups excluding carboxylic acids is 1. The second-order valence-corrected chi connectivity index (χ2v) is 10.6. The Morgan fingerprint density at radius 3 is 2.75 bits per heavy atom. The molecule has 1 amide bonds. The normalized spacial score (nSPS) is 16.4. The number of aromatic nitrogens is 1. The number of sulfonamides is 1. The number of nitrogens with one attached hydrogen (secondary N) is 1. The van der Waals surface area contributed by atoms with Gasteiger partial charge in [-0.25, -0.2) is 13.4 Å². The third-order valence-electron chi connectivity index (χ3n) is 5.77. The molecule has 0 aliphatic carbocycles. The summed E-state index contributed by atoms with van der Waals surface area (Å²) >= 11 is 1.31. The van der Waals surface area contributed by atoms with Gasteiger partial charge in [0.2, 0.25) is 10.0 Å². The minimum absolute atomic E-state index is 0.0369. The molecule has 0 bridgehead atoms. The van der Waals surface area contributed by atoms with Crippen molar-refractivity contribution in [1.29, 1.82) is 0 Å². The van der Waals surface area contributed by atoms with E-state index in [1.54, 1.807) is 18.2 Å². The van der Waals surface area contributed by atoms with Crippen molar-refractivity contribution in [2.24, 2.45) is 0 Å². The number of rotatable bonds is 5. The van der Waals surface area contributed by atoms with E-state index in [0.717, 1.165) is 48.3 Å². The van der Waals surface area contributed by atoms with Crippen molar-refractivity contribution >= 4 is 32.4 Å². The molecule has 0 spiro atoms. The van der Waals surface area contributed by atoms with Gasteiger partial charge in [-0.3, -0.25) is 10.1 Å². The first-order chi connectivity index (χ1) is 15.5. The molecule has 7 nitrogen and oxygen atoms in total. The van der Waals surface area contributed by atoms with E-state index in [2.05, 4.69) is 16.4 Å². The summed E-state index contributed by atoms with van der Waals surface area (Å²) in [5.74, 6) is 0.425. The Kier molecular flexibility index (Phi) is 5.71. The van der Waals surface area contributed by atoms with E-state index in [1.807, 2.05) is 17.5 Å². The highest BCUT2D eigenvalue weighted by atomic mass is 32.2. The molecule has 1 N–H and O–H groups in total. The smallest absolute Gasteiger partial charge is 0.258 e. The number of nitrogens with zero attached hydrogens (tertiary/aromatic N) is 2. The second kappa shape index (κ2) is 8.65. The molecule has 0 atom stereocenters. The number of benzene rings is 2. The Balaban J connectivity index is 1.37. The Bertz CT molecular complexity index is 1260. The molecule has 32 heavy (non-hydrogen) atoms. The van der Waals surface area contributed by atoms with Crippen LogP contribution in [0.4, 0.5) is 5.13 Å². The molecule has 2 aliphatic heterocycles. The van der Waals surface area contributed by atoms with Crippen molar-refractivity contribution in [2.45, 2.75) is 30.6 Å². The summed E-state index contributed by atoms with van der Waals surface area (Å²) < 4.78 is 33.4. The first-order valence-electron chi connectivity index (χ1n) is 10.6. The molecule has 0 unspecified atom stereocenters. The minimum atomic E-state index is -3.73. The zero-order valence-corrected chi connectivity index (χ0v) is 19.0. The molecule has 0 radical (unpaired) electrons. The van der Waals surface area contributed by atoms with Crippen molar-refractivity contribution in [3.63, 3.8) is 0 Å². The lowest BCUT2D eigenvalue weighted by atomic mass is 10.1. The zero-order valence-electron chi connectivity index (χ0n) is 17.4. The molecule has 3 heterocycles. The van der Waals surface area contributed by atoms with Gasteiger partial charge in [0.15, 0.2) is 5.13 Å². The Hall–Kier alpha value is -2.75. The fraction of sp³-hybridized carbons (Fsp3) is 0.304. The number of ether oxygens (including phenoxy) is 1. The lowest BCUT2D eigenvalue weighted by Gasteiger charge is -2.26. The highest BCUT2D eigenvalue weighted by Crippen LogP contribution is 2.32. The van der Waals surface area contributed by atoms with Crippen LogP contribution in [-0.4, -0.2) is 43.3 Å². The standard InChI is InChI=1S/C23H23N3O4S2/c27-22(18-6-2-3-7-21(18)32(28,29)26-11-4-1-5-12-26)25-23-24-19(15-31-23)16-8-9-20-17(14-16)10-13-30-20/h2-3,6-9,14-15H,1,4-5,10-13H2,(H,24,25,27). The maximum atomic E-state index is 13.2. The first kappa shape index (κ1) is 21.1. The number of piperidine rings is 1. The largest absolute Gasteiger partial charge is 0.493 e. The van der Waals surface area contributed by atoms with Crippen LogP contribution in [0, 0.1) is 0 Å². The molecule has 2 aliphatic rings. The molecular formula is C23H23N3O4S2. The maximum Gasteiger partial charge on any atom is 0.258 e. The molecular weight excluding hydrogens is 446 g/mol. The quantitative estimate of drug-likeness (QED) is 0.606. The summed E-state index contributed by atoms with van der Waals surface area (Å²) in [7, 11) is -3.73. The van der Waals surface area contributed by atoms with Crippen LogP contribution in [0.3, 0.4) is 0 Å². The topological polar surface area (TPSA) is 88.6 Å². The third kappa shape index (κ3) is 4.03. The summed E-state index contributed by atoms with van der Waals surface area (Å²) in [5.41, 5.74) is 3.00. The predicted octanol–water partition coefficient (Wildman–Crippen LogP) is 4.17. The summed E-state index contributed by atoms with van der Waals surface area (Å²) in [4.78, 5) is 17.6. The number of thiazole rings is 1. The molecule has 2 aromatic carbocycles. The monoisotopic (exact) mass is 469 g/mol.